The Balaban J connectivity index is 1.16. The molecular weight excluding hydrogens is 657 g/mol. The Morgan fingerprint density at radius 1 is 0.537 bits per heavy atom. The number of rotatable bonds is 2. The molecule has 4 aromatic heterocycles. The van der Waals surface area contributed by atoms with Gasteiger partial charge in [-0.25, -0.2) is 4.57 Å². The van der Waals surface area contributed by atoms with Crippen LogP contribution in [0.5, 0.6) is 0 Å². The van der Waals surface area contributed by atoms with Crippen molar-refractivity contribution in [2.75, 3.05) is 0 Å². The van der Waals surface area contributed by atoms with Crippen LogP contribution in [-0.4, -0.2) is 15.8 Å². The second-order valence-electron chi connectivity index (χ2n) is 15.3. The highest BCUT2D eigenvalue weighted by Gasteiger charge is 2.41. The van der Waals surface area contributed by atoms with Crippen molar-refractivity contribution in [3.8, 4) is 33.8 Å². The zero-order valence-electron chi connectivity index (χ0n) is 29.8. The molecule has 2 aliphatic heterocycles. The average molecular weight is 689 g/mol. The summed E-state index contributed by atoms with van der Waals surface area (Å²) in [5, 5.41) is 7.50. The molecule has 0 atom stereocenters. The van der Waals surface area contributed by atoms with Crippen LogP contribution in [0.25, 0.3) is 99.3 Å². The summed E-state index contributed by atoms with van der Waals surface area (Å²) < 4.78 is 13.9. The van der Waals surface area contributed by atoms with Crippen molar-refractivity contribution in [3.05, 3.63) is 157 Å². The normalized spacial score (nSPS) is 13.0. The lowest BCUT2D eigenvalue weighted by Gasteiger charge is -2.34. The highest BCUT2D eigenvalue weighted by Crippen LogP contribution is 2.42. The molecule has 0 N–H and O–H groups in total. The SMILES string of the molecule is Cc1cc(-c2cc(-c3cc4c5c(c3)-n3c6ccccc6c6cccc(c63)B5c3cccc5c6ccccc6n-4c35)cc[n+]2C)c2oc3ccccc3c2c1. The van der Waals surface area contributed by atoms with Gasteiger partial charge in [-0.3, -0.25) is 0 Å². The zero-order chi connectivity index (χ0) is 35.4. The van der Waals surface area contributed by atoms with Crippen molar-refractivity contribution >= 4 is 88.7 Å². The predicted molar refractivity (Wildman–Crippen MR) is 224 cm³/mol. The highest BCUT2D eigenvalue weighted by molar-refractivity contribution is 7.00. The molecule has 0 unspecified atom stereocenters. The quantitative estimate of drug-likeness (QED) is 0.131. The molecule has 0 aliphatic carbocycles. The van der Waals surface area contributed by atoms with E-state index >= 15 is 0 Å². The van der Waals surface area contributed by atoms with Gasteiger partial charge in [0.2, 0.25) is 5.69 Å². The van der Waals surface area contributed by atoms with Crippen LogP contribution >= 0.6 is 0 Å². The van der Waals surface area contributed by atoms with Crippen molar-refractivity contribution < 1.29 is 8.98 Å². The van der Waals surface area contributed by atoms with Gasteiger partial charge in [-0.05, 0) is 82.5 Å². The average Bonchev–Trinajstić information content (AvgIpc) is 3.87. The number of furan rings is 1. The fraction of sp³-hybridized carbons (Fsp3) is 0.0408. The van der Waals surface area contributed by atoms with E-state index in [1.807, 2.05) is 6.07 Å². The summed E-state index contributed by atoms with van der Waals surface area (Å²) in [7, 11) is 2.14. The van der Waals surface area contributed by atoms with Crippen LogP contribution in [0.2, 0.25) is 0 Å². The van der Waals surface area contributed by atoms with E-state index in [0.717, 1.165) is 33.2 Å². The predicted octanol–water partition coefficient (Wildman–Crippen LogP) is 9.39. The summed E-state index contributed by atoms with van der Waals surface area (Å²) in [5.74, 6) is 0. The molecular formula is C49H31BN3O+. The van der Waals surface area contributed by atoms with Crippen LogP contribution in [0.1, 0.15) is 5.56 Å². The molecule has 13 rings (SSSR count). The summed E-state index contributed by atoms with van der Waals surface area (Å²) in [5.41, 5.74) is 19.3. The smallest absolute Gasteiger partial charge is 0.252 e. The molecule has 2 aliphatic rings. The van der Waals surface area contributed by atoms with Gasteiger partial charge in [0.15, 0.2) is 6.20 Å². The largest absolute Gasteiger partial charge is 0.455 e. The minimum atomic E-state index is 0.114. The number of para-hydroxylation sites is 5. The standard InChI is InChI=1S/C49H31BN3O/c1-28-23-36-33-13-5-8-20-45(33)54-49(36)37(24-28)42-25-29(21-22-51(42)2)30-26-43-46-44(27-30)53-41-19-7-4-12-32(41)35-15-10-17-39(48(35)53)50(46)38-16-9-14-34-31-11-3-6-18-40(31)52(43)47(34)38/h3-27H,1-2H3/q+1. The maximum atomic E-state index is 6.60. The molecule has 0 radical (unpaired) electrons. The van der Waals surface area contributed by atoms with E-state index in [4.69, 9.17) is 4.42 Å². The van der Waals surface area contributed by atoms with E-state index in [2.05, 4.69) is 173 Å². The van der Waals surface area contributed by atoms with Gasteiger partial charge in [-0.1, -0.05) is 91.0 Å². The number of fused-ring (bicyclic) bond motifs is 13. The number of benzene rings is 7. The highest BCUT2D eigenvalue weighted by atomic mass is 16.3. The van der Waals surface area contributed by atoms with Gasteiger partial charge < -0.3 is 13.6 Å². The summed E-state index contributed by atoms with van der Waals surface area (Å²) in [4.78, 5) is 0. The Hall–Kier alpha value is -6.85. The summed E-state index contributed by atoms with van der Waals surface area (Å²) in [6.07, 6.45) is 2.20. The number of hydrogen-bond acceptors (Lipinski definition) is 1. The lowest BCUT2D eigenvalue weighted by atomic mass is 9.34. The summed E-state index contributed by atoms with van der Waals surface area (Å²) in [6, 6.07) is 54.1. The number of nitrogens with zero attached hydrogens (tertiary/aromatic N) is 3. The van der Waals surface area contributed by atoms with Gasteiger partial charge in [0.25, 0.3) is 6.71 Å². The molecule has 5 heteroatoms. The van der Waals surface area contributed by atoms with Crippen molar-refractivity contribution in [1.82, 2.24) is 9.13 Å². The molecule has 6 heterocycles. The second-order valence-corrected chi connectivity index (χ2v) is 15.3. The Kier molecular flexibility index (Phi) is 5.30. The van der Waals surface area contributed by atoms with E-state index in [-0.39, 0.29) is 6.71 Å². The first-order valence-electron chi connectivity index (χ1n) is 18.8. The molecule has 0 saturated carbocycles. The minimum absolute atomic E-state index is 0.114. The fourth-order valence-corrected chi connectivity index (χ4v) is 10.2. The second kappa shape index (κ2) is 9.97. The number of aromatic nitrogens is 3. The topological polar surface area (TPSA) is 26.9 Å². The molecule has 0 spiro atoms. The summed E-state index contributed by atoms with van der Waals surface area (Å²) >= 11 is 0. The Morgan fingerprint density at radius 3 is 1.80 bits per heavy atom. The van der Waals surface area contributed by atoms with Gasteiger partial charge >= 0.3 is 0 Å². The van der Waals surface area contributed by atoms with Gasteiger partial charge in [-0.15, -0.1) is 0 Å². The molecule has 0 bridgehead atoms. The Morgan fingerprint density at radius 2 is 1.13 bits per heavy atom. The maximum absolute atomic E-state index is 6.60. The molecule has 7 aromatic carbocycles. The first-order valence-corrected chi connectivity index (χ1v) is 18.8. The molecule has 0 amide bonds. The maximum Gasteiger partial charge on any atom is 0.252 e. The van der Waals surface area contributed by atoms with Crippen LogP contribution in [-0.2, 0) is 7.05 Å². The van der Waals surface area contributed by atoms with Gasteiger partial charge in [-0.2, -0.15) is 0 Å². The fourth-order valence-electron chi connectivity index (χ4n) is 10.2. The summed E-state index contributed by atoms with van der Waals surface area (Å²) in [6.45, 7) is 2.29. The third-order valence-electron chi connectivity index (χ3n) is 12.4. The Labute approximate surface area is 310 Å². The van der Waals surface area contributed by atoms with Gasteiger partial charge in [0, 0.05) is 66.9 Å². The van der Waals surface area contributed by atoms with Crippen LogP contribution in [0.4, 0.5) is 0 Å². The Bertz CT molecular complexity index is 3350. The third kappa shape index (κ3) is 3.48. The molecule has 0 saturated heterocycles. The third-order valence-corrected chi connectivity index (χ3v) is 12.4. The number of hydrogen-bond donors (Lipinski definition) is 0. The molecule has 11 aromatic rings. The molecule has 4 nitrogen and oxygen atoms in total. The number of aryl methyl sites for hydroxylation is 2. The van der Waals surface area contributed by atoms with E-state index in [9.17, 15) is 0 Å². The minimum Gasteiger partial charge on any atom is -0.455 e. The van der Waals surface area contributed by atoms with Crippen LogP contribution < -0.4 is 21.0 Å². The number of pyridine rings is 1. The lowest BCUT2D eigenvalue weighted by Crippen LogP contribution is -2.59. The molecule has 250 valence electrons. The van der Waals surface area contributed by atoms with Crippen molar-refractivity contribution in [2.24, 2.45) is 7.05 Å². The molecule has 0 fully saturated rings. The zero-order valence-corrected chi connectivity index (χ0v) is 29.8. The first kappa shape index (κ1) is 28.7. The van der Waals surface area contributed by atoms with Crippen LogP contribution in [0, 0.1) is 6.92 Å². The molecule has 54 heavy (non-hydrogen) atoms. The monoisotopic (exact) mass is 688 g/mol. The van der Waals surface area contributed by atoms with Gasteiger partial charge in [0.1, 0.15) is 18.2 Å². The lowest BCUT2D eigenvalue weighted by molar-refractivity contribution is -0.660. The van der Waals surface area contributed by atoms with Gasteiger partial charge in [0.05, 0.1) is 16.6 Å². The van der Waals surface area contributed by atoms with Crippen molar-refractivity contribution in [1.29, 1.82) is 0 Å². The van der Waals surface area contributed by atoms with Crippen LogP contribution in [0.3, 0.4) is 0 Å². The van der Waals surface area contributed by atoms with Crippen molar-refractivity contribution in [2.45, 2.75) is 6.92 Å². The van der Waals surface area contributed by atoms with E-state index in [0.29, 0.717) is 0 Å². The van der Waals surface area contributed by atoms with E-state index in [1.165, 1.54) is 88.1 Å². The van der Waals surface area contributed by atoms with E-state index in [1.54, 1.807) is 0 Å². The van der Waals surface area contributed by atoms with Crippen molar-refractivity contribution in [3.63, 3.8) is 0 Å². The first-order chi connectivity index (χ1) is 26.6. The van der Waals surface area contributed by atoms with Crippen LogP contribution in [0.15, 0.2) is 156 Å². The van der Waals surface area contributed by atoms with E-state index < -0.39 is 0 Å².